The van der Waals surface area contributed by atoms with Crippen molar-refractivity contribution < 1.29 is 19.4 Å². The lowest BCUT2D eigenvalue weighted by Crippen LogP contribution is -2.00. The summed E-state index contributed by atoms with van der Waals surface area (Å²) in [6, 6.07) is 1.90. The minimum atomic E-state index is -0.938. The van der Waals surface area contributed by atoms with Gasteiger partial charge in [0.2, 0.25) is 5.88 Å². The van der Waals surface area contributed by atoms with Crippen LogP contribution in [0.5, 0.6) is 11.9 Å². The number of rotatable bonds is 4. The van der Waals surface area contributed by atoms with Gasteiger partial charge in [-0.1, -0.05) is 0 Å². The van der Waals surface area contributed by atoms with Crippen LogP contribution in [0.15, 0.2) is 12.3 Å². The monoisotopic (exact) mass is 237 g/mol. The van der Waals surface area contributed by atoms with Crippen LogP contribution in [0.25, 0.3) is 5.65 Å². The average Bonchev–Trinajstić information content (AvgIpc) is 2.68. The van der Waals surface area contributed by atoms with Gasteiger partial charge in [-0.25, -0.2) is 4.98 Å². The highest BCUT2D eigenvalue weighted by Gasteiger charge is 2.11. The third-order valence-corrected chi connectivity index (χ3v) is 2.17. The second kappa shape index (κ2) is 4.28. The van der Waals surface area contributed by atoms with Crippen LogP contribution in [0.2, 0.25) is 0 Å². The molecule has 0 aliphatic heterocycles. The van der Waals surface area contributed by atoms with E-state index in [0.29, 0.717) is 23.2 Å². The largest absolute Gasteiger partial charge is 0.481 e. The summed E-state index contributed by atoms with van der Waals surface area (Å²) in [6.45, 7) is 0. The first kappa shape index (κ1) is 11.2. The van der Waals surface area contributed by atoms with Gasteiger partial charge in [0.05, 0.1) is 26.3 Å². The van der Waals surface area contributed by atoms with Crippen molar-refractivity contribution >= 4 is 11.6 Å². The summed E-state index contributed by atoms with van der Waals surface area (Å²) in [7, 11) is 2.96. The summed E-state index contributed by atoms with van der Waals surface area (Å²) in [5.41, 5.74) is 0.968. The number of nitrogens with zero attached hydrogens (tertiary/aromatic N) is 3. The second-order valence-electron chi connectivity index (χ2n) is 3.32. The van der Waals surface area contributed by atoms with Crippen molar-refractivity contribution in [1.29, 1.82) is 0 Å². The Morgan fingerprint density at radius 2 is 2.18 bits per heavy atom. The van der Waals surface area contributed by atoms with Crippen LogP contribution in [-0.2, 0) is 11.2 Å². The molecule has 0 aromatic carbocycles. The number of ether oxygens (including phenoxy) is 2. The first-order valence-electron chi connectivity index (χ1n) is 4.83. The zero-order valence-corrected chi connectivity index (χ0v) is 9.38. The lowest BCUT2D eigenvalue weighted by molar-refractivity contribution is -0.136. The zero-order valence-electron chi connectivity index (χ0n) is 9.38. The van der Waals surface area contributed by atoms with Gasteiger partial charge in [-0.2, -0.15) is 4.98 Å². The Bertz CT molecular complexity index is 564. The summed E-state index contributed by atoms with van der Waals surface area (Å²) < 4.78 is 11.6. The number of aromatic nitrogens is 3. The summed E-state index contributed by atoms with van der Waals surface area (Å²) in [5, 5.41) is 8.70. The summed E-state index contributed by atoms with van der Waals surface area (Å²) in [4.78, 5) is 18.8. The van der Waals surface area contributed by atoms with Gasteiger partial charge in [0.25, 0.3) is 0 Å². The Labute approximate surface area is 96.6 Å². The third-order valence-electron chi connectivity index (χ3n) is 2.17. The Morgan fingerprint density at radius 1 is 1.41 bits per heavy atom. The number of hydrogen-bond donors (Lipinski definition) is 1. The molecule has 7 heteroatoms. The van der Waals surface area contributed by atoms with Crippen LogP contribution in [0.1, 0.15) is 5.69 Å². The summed E-state index contributed by atoms with van der Waals surface area (Å²) in [6.07, 6.45) is 1.43. The second-order valence-corrected chi connectivity index (χ2v) is 3.32. The number of hydrogen-bond acceptors (Lipinski definition) is 5. The number of fused-ring (bicyclic) bond motifs is 1. The standard InChI is InChI=1S/C10H11N3O4/c1-16-8-4-7-11-6(3-9(14)15)5-13(7)10(12-8)17-2/h4-5H,3H2,1-2H3,(H,14,15). The van der Waals surface area contributed by atoms with Gasteiger partial charge in [-0.05, 0) is 0 Å². The maximum Gasteiger partial charge on any atom is 0.309 e. The molecule has 0 spiro atoms. The van der Waals surface area contributed by atoms with Crippen LogP contribution >= 0.6 is 0 Å². The predicted octanol–water partition coefficient (Wildman–Crippen LogP) is 0.374. The number of imidazole rings is 1. The summed E-state index contributed by atoms with van der Waals surface area (Å²) >= 11 is 0. The van der Waals surface area contributed by atoms with Crippen molar-refractivity contribution in [3.63, 3.8) is 0 Å². The topological polar surface area (TPSA) is 86.0 Å². The molecule has 90 valence electrons. The molecule has 0 fully saturated rings. The van der Waals surface area contributed by atoms with Crippen molar-refractivity contribution in [2.24, 2.45) is 0 Å². The molecular weight excluding hydrogens is 226 g/mol. The van der Waals surface area contributed by atoms with Gasteiger partial charge < -0.3 is 14.6 Å². The third kappa shape index (κ3) is 2.12. The highest BCUT2D eigenvalue weighted by atomic mass is 16.5. The smallest absolute Gasteiger partial charge is 0.309 e. The molecule has 2 aromatic rings. The van der Waals surface area contributed by atoms with Crippen LogP contribution < -0.4 is 9.47 Å². The van der Waals surface area contributed by atoms with Crippen molar-refractivity contribution in [3.8, 4) is 11.9 Å². The van der Waals surface area contributed by atoms with Crippen molar-refractivity contribution in [1.82, 2.24) is 14.4 Å². The molecule has 0 radical (unpaired) electrons. The molecule has 0 unspecified atom stereocenters. The molecule has 0 saturated carbocycles. The Balaban J connectivity index is 2.54. The first-order chi connectivity index (χ1) is 8.13. The number of aliphatic carboxylic acids is 1. The van der Waals surface area contributed by atoms with E-state index in [-0.39, 0.29) is 6.42 Å². The van der Waals surface area contributed by atoms with E-state index in [1.165, 1.54) is 14.2 Å². The molecule has 0 amide bonds. The Kier molecular flexibility index (Phi) is 2.82. The fourth-order valence-electron chi connectivity index (χ4n) is 1.48. The number of carboxylic acid groups (broad SMARTS) is 1. The van der Waals surface area contributed by atoms with Gasteiger partial charge in [0.15, 0.2) is 0 Å². The molecule has 0 aliphatic carbocycles. The van der Waals surface area contributed by atoms with Gasteiger partial charge in [0.1, 0.15) is 5.65 Å². The highest BCUT2D eigenvalue weighted by molar-refractivity contribution is 5.69. The summed E-state index contributed by atoms with van der Waals surface area (Å²) in [5.74, 6) is -0.575. The zero-order chi connectivity index (χ0) is 12.4. The number of methoxy groups -OCH3 is 2. The molecule has 0 aliphatic rings. The van der Waals surface area contributed by atoms with Gasteiger partial charge in [-0.15, -0.1) is 0 Å². The maximum absolute atomic E-state index is 10.6. The molecule has 0 atom stereocenters. The van der Waals surface area contributed by atoms with E-state index in [1.54, 1.807) is 16.7 Å². The van der Waals surface area contributed by atoms with E-state index in [9.17, 15) is 4.79 Å². The van der Waals surface area contributed by atoms with Gasteiger partial charge >= 0.3 is 12.0 Å². The Hall–Kier alpha value is -2.31. The van der Waals surface area contributed by atoms with Crippen molar-refractivity contribution in [3.05, 3.63) is 18.0 Å². The fourth-order valence-corrected chi connectivity index (χ4v) is 1.48. The lowest BCUT2D eigenvalue weighted by Gasteiger charge is -2.04. The van der Waals surface area contributed by atoms with E-state index in [0.717, 1.165) is 0 Å². The molecular formula is C10H11N3O4. The van der Waals surface area contributed by atoms with Crippen LogP contribution in [0, 0.1) is 0 Å². The fraction of sp³-hybridized carbons (Fsp3) is 0.300. The molecule has 17 heavy (non-hydrogen) atoms. The van der Waals surface area contributed by atoms with E-state index >= 15 is 0 Å². The molecule has 2 heterocycles. The van der Waals surface area contributed by atoms with E-state index < -0.39 is 5.97 Å². The Morgan fingerprint density at radius 3 is 2.76 bits per heavy atom. The van der Waals surface area contributed by atoms with Crippen LogP contribution in [0.3, 0.4) is 0 Å². The number of carbonyl (C=O) groups is 1. The quantitative estimate of drug-likeness (QED) is 0.827. The first-order valence-corrected chi connectivity index (χ1v) is 4.83. The van der Waals surface area contributed by atoms with Crippen LogP contribution in [0.4, 0.5) is 0 Å². The predicted molar refractivity (Wildman–Crippen MR) is 57.4 cm³/mol. The SMILES string of the molecule is COc1cc2nc(CC(=O)O)cn2c(OC)n1. The molecule has 2 aromatic heterocycles. The molecule has 1 N–H and O–H groups in total. The van der Waals surface area contributed by atoms with Crippen LogP contribution in [-0.4, -0.2) is 39.7 Å². The van der Waals surface area contributed by atoms with E-state index in [1.807, 2.05) is 0 Å². The minimum absolute atomic E-state index is 0.146. The van der Waals surface area contributed by atoms with E-state index in [2.05, 4.69) is 9.97 Å². The van der Waals surface area contributed by atoms with Gasteiger partial charge in [-0.3, -0.25) is 9.20 Å². The minimum Gasteiger partial charge on any atom is -0.481 e. The van der Waals surface area contributed by atoms with Crippen molar-refractivity contribution in [2.75, 3.05) is 14.2 Å². The lowest BCUT2D eigenvalue weighted by atomic mass is 10.3. The number of carboxylic acids is 1. The molecule has 2 rings (SSSR count). The van der Waals surface area contributed by atoms with Crippen molar-refractivity contribution in [2.45, 2.75) is 6.42 Å². The van der Waals surface area contributed by atoms with Gasteiger partial charge in [0, 0.05) is 12.3 Å². The average molecular weight is 237 g/mol. The molecule has 7 nitrogen and oxygen atoms in total. The normalized spacial score (nSPS) is 10.5. The maximum atomic E-state index is 10.6. The molecule has 0 bridgehead atoms. The van der Waals surface area contributed by atoms with E-state index in [4.69, 9.17) is 14.6 Å². The molecule has 0 saturated heterocycles. The highest BCUT2D eigenvalue weighted by Crippen LogP contribution is 2.19.